The molecule has 0 atom stereocenters. The largest absolute Gasteiger partial charge is 0.275 e. The van der Waals surface area contributed by atoms with Crippen LogP contribution >= 0.6 is 11.3 Å². The lowest BCUT2D eigenvalue weighted by Gasteiger charge is -1.99. The van der Waals surface area contributed by atoms with E-state index < -0.39 is 0 Å². The standard InChI is InChI=1S/C12H9N3OS/c1-8-14-15-11(16)7-10(13-12(15)17-8)9-5-3-2-4-6-9/h2-7H,1H3. The number of nitrogens with zero attached hydrogens (tertiary/aromatic N) is 3. The van der Waals surface area contributed by atoms with E-state index in [-0.39, 0.29) is 5.56 Å². The summed E-state index contributed by atoms with van der Waals surface area (Å²) in [7, 11) is 0. The lowest BCUT2D eigenvalue weighted by molar-refractivity contribution is 0.882. The highest BCUT2D eigenvalue weighted by molar-refractivity contribution is 7.16. The lowest BCUT2D eigenvalue weighted by Crippen LogP contribution is -2.14. The van der Waals surface area contributed by atoms with Crippen LogP contribution in [-0.2, 0) is 0 Å². The Balaban J connectivity index is 2.29. The Kier molecular flexibility index (Phi) is 2.26. The van der Waals surface area contributed by atoms with E-state index in [4.69, 9.17) is 0 Å². The topological polar surface area (TPSA) is 47.3 Å². The summed E-state index contributed by atoms with van der Waals surface area (Å²) < 4.78 is 1.34. The first-order valence-electron chi connectivity index (χ1n) is 5.17. The van der Waals surface area contributed by atoms with E-state index in [1.807, 2.05) is 37.3 Å². The van der Waals surface area contributed by atoms with Crippen molar-refractivity contribution in [3.63, 3.8) is 0 Å². The third-order valence-electron chi connectivity index (χ3n) is 2.42. The molecule has 2 heterocycles. The molecule has 0 aliphatic rings. The fourth-order valence-electron chi connectivity index (χ4n) is 1.66. The number of hydrogen-bond acceptors (Lipinski definition) is 4. The molecule has 0 radical (unpaired) electrons. The van der Waals surface area contributed by atoms with Crippen molar-refractivity contribution >= 4 is 16.3 Å². The first kappa shape index (κ1) is 10.2. The zero-order chi connectivity index (χ0) is 11.8. The lowest BCUT2D eigenvalue weighted by atomic mass is 10.1. The number of aromatic nitrogens is 3. The fraction of sp³-hybridized carbons (Fsp3) is 0.0833. The molecule has 5 heteroatoms. The Morgan fingerprint density at radius 1 is 1.24 bits per heavy atom. The zero-order valence-corrected chi connectivity index (χ0v) is 9.94. The molecule has 0 saturated heterocycles. The van der Waals surface area contributed by atoms with Gasteiger partial charge in [0.15, 0.2) is 0 Å². The zero-order valence-electron chi connectivity index (χ0n) is 9.12. The van der Waals surface area contributed by atoms with Crippen LogP contribution in [0.4, 0.5) is 0 Å². The van der Waals surface area contributed by atoms with Gasteiger partial charge in [0.05, 0.1) is 5.69 Å². The van der Waals surface area contributed by atoms with Crippen molar-refractivity contribution in [1.29, 1.82) is 0 Å². The van der Waals surface area contributed by atoms with Gasteiger partial charge in [0, 0.05) is 11.6 Å². The van der Waals surface area contributed by atoms with Gasteiger partial charge in [-0.25, -0.2) is 4.98 Å². The van der Waals surface area contributed by atoms with Gasteiger partial charge in [-0.2, -0.15) is 9.61 Å². The molecule has 0 aliphatic heterocycles. The van der Waals surface area contributed by atoms with Gasteiger partial charge < -0.3 is 0 Å². The minimum Gasteiger partial charge on any atom is -0.267 e. The van der Waals surface area contributed by atoms with Crippen LogP contribution in [0, 0.1) is 6.92 Å². The number of rotatable bonds is 1. The predicted octanol–water partition coefficient (Wildman–Crippen LogP) is 2.13. The fourth-order valence-corrected chi connectivity index (χ4v) is 2.41. The maximum Gasteiger partial charge on any atom is 0.275 e. The maximum atomic E-state index is 11.9. The van der Waals surface area contributed by atoms with E-state index in [1.165, 1.54) is 21.9 Å². The molecule has 84 valence electrons. The summed E-state index contributed by atoms with van der Waals surface area (Å²) in [5.41, 5.74) is 1.50. The van der Waals surface area contributed by atoms with E-state index in [0.29, 0.717) is 10.7 Å². The van der Waals surface area contributed by atoms with Crippen molar-refractivity contribution in [3.8, 4) is 11.3 Å². The van der Waals surface area contributed by atoms with Crippen molar-refractivity contribution < 1.29 is 0 Å². The Morgan fingerprint density at radius 2 is 2.00 bits per heavy atom. The molecular weight excluding hydrogens is 234 g/mol. The summed E-state index contributed by atoms with van der Waals surface area (Å²) in [6, 6.07) is 11.2. The van der Waals surface area contributed by atoms with E-state index in [0.717, 1.165) is 10.6 Å². The molecule has 0 unspecified atom stereocenters. The normalized spacial score (nSPS) is 10.9. The molecule has 1 aromatic carbocycles. The first-order chi connectivity index (χ1) is 8.24. The highest BCUT2D eigenvalue weighted by atomic mass is 32.1. The van der Waals surface area contributed by atoms with Crippen LogP contribution in [0.25, 0.3) is 16.2 Å². The second-order valence-electron chi connectivity index (χ2n) is 3.66. The van der Waals surface area contributed by atoms with Crippen molar-refractivity contribution in [1.82, 2.24) is 14.6 Å². The SMILES string of the molecule is Cc1nn2c(=O)cc(-c3ccccc3)nc2s1. The van der Waals surface area contributed by atoms with Gasteiger partial charge in [0.2, 0.25) is 4.96 Å². The van der Waals surface area contributed by atoms with Crippen LogP contribution in [0.5, 0.6) is 0 Å². The Labute approximate surface area is 101 Å². The van der Waals surface area contributed by atoms with Crippen molar-refractivity contribution in [2.24, 2.45) is 0 Å². The molecule has 0 saturated carbocycles. The van der Waals surface area contributed by atoms with Gasteiger partial charge in [-0.1, -0.05) is 41.7 Å². The summed E-state index contributed by atoms with van der Waals surface area (Å²) in [4.78, 5) is 16.9. The minimum atomic E-state index is -0.141. The monoisotopic (exact) mass is 243 g/mol. The molecule has 0 aliphatic carbocycles. The molecule has 0 amide bonds. The molecule has 17 heavy (non-hydrogen) atoms. The summed E-state index contributed by atoms with van der Waals surface area (Å²) in [5, 5.41) is 4.94. The van der Waals surface area contributed by atoms with Crippen LogP contribution < -0.4 is 5.56 Å². The van der Waals surface area contributed by atoms with Gasteiger partial charge in [-0.05, 0) is 6.92 Å². The number of benzene rings is 1. The molecule has 3 rings (SSSR count). The van der Waals surface area contributed by atoms with Crippen molar-refractivity contribution in [2.75, 3.05) is 0 Å². The summed E-state index contributed by atoms with van der Waals surface area (Å²) in [6.45, 7) is 1.86. The first-order valence-corrected chi connectivity index (χ1v) is 5.98. The average molecular weight is 243 g/mol. The Hall–Kier alpha value is -2.01. The molecule has 4 nitrogen and oxygen atoms in total. The highest BCUT2D eigenvalue weighted by Crippen LogP contribution is 2.17. The molecule has 3 aromatic rings. The molecule has 2 aromatic heterocycles. The van der Waals surface area contributed by atoms with Crippen molar-refractivity contribution in [2.45, 2.75) is 6.92 Å². The second kappa shape index (κ2) is 3.78. The molecule has 0 N–H and O–H groups in total. The number of aryl methyl sites for hydroxylation is 1. The van der Waals surface area contributed by atoms with Gasteiger partial charge in [-0.15, -0.1) is 0 Å². The molecule has 0 fully saturated rings. The third kappa shape index (κ3) is 1.74. The highest BCUT2D eigenvalue weighted by Gasteiger charge is 2.07. The Bertz CT molecular complexity index is 730. The molecule has 0 spiro atoms. The maximum absolute atomic E-state index is 11.9. The van der Waals surface area contributed by atoms with E-state index in [1.54, 1.807) is 0 Å². The van der Waals surface area contributed by atoms with Crippen LogP contribution in [0.3, 0.4) is 0 Å². The van der Waals surface area contributed by atoms with E-state index in [2.05, 4.69) is 10.1 Å². The average Bonchev–Trinajstić information content (AvgIpc) is 2.71. The van der Waals surface area contributed by atoms with Gasteiger partial charge in [0.25, 0.3) is 5.56 Å². The van der Waals surface area contributed by atoms with E-state index >= 15 is 0 Å². The van der Waals surface area contributed by atoms with Crippen LogP contribution in [0.2, 0.25) is 0 Å². The Morgan fingerprint density at radius 3 is 2.76 bits per heavy atom. The third-order valence-corrected chi connectivity index (χ3v) is 3.24. The molecular formula is C12H9N3OS. The number of hydrogen-bond donors (Lipinski definition) is 0. The van der Waals surface area contributed by atoms with Gasteiger partial charge >= 0.3 is 0 Å². The molecule has 0 bridgehead atoms. The quantitative estimate of drug-likeness (QED) is 0.657. The van der Waals surface area contributed by atoms with Crippen LogP contribution in [-0.4, -0.2) is 14.6 Å². The smallest absolute Gasteiger partial charge is 0.267 e. The predicted molar refractivity (Wildman–Crippen MR) is 67.3 cm³/mol. The second-order valence-corrected chi connectivity index (χ2v) is 4.82. The van der Waals surface area contributed by atoms with Crippen molar-refractivity contribution in [3.05, 3.63) is 51.8 Å². The van der Waals surface area contributed by atoms with Gasteiger partial charge in [0.1, 0.15) is 5.01 Å². The van der Waals surface area contributed by atoms with Crippen LogP contribution in [0.1, 0.15) is 5.01 Å². The summed E-state index contributed by atoms with van der Waals surface area (Å²) >= 11 is 1.42. The summed E-state index contributed by atoms with van der Waals surface area (Å²) in [6.07, 6.45) is 0. The minimum absolute atomic E-state index is 0.141. The summed E-state index contributed by atoms with van der Waals surface area (Å²) in [5.74, 6) is 0. The number of fused-ring (bicyclic) bond motifs is 1. The van der Waals surface area contributed by atoms with Crippen LogP contribution in [0.15, 0.2) is 41.2 Å². The van der Waals surface area contributed by atoms with Gasteiger partial charge in [-0.3, -0.25) is 4.79 Å². The van der Waals surface area contributed by atoms with E-state index in [9.17, 15) is 4.79 Å².